The lowest BCUT2D eigenvalue weighted by molar-refractivity contribution is 0.625. The van der Waals surface area contributed by atoms with Crippen LogP contribution in [-0.2, 0) is 6.54 Å². The number of rotatable bonds is 4. The Labute approximate surface area is 115 Å². The molecule has 1 aromatic carbocycles. The van der Waals surface area contributed by atoms with Gasteiger partial charge in [-0.25, -0.2) is 19.0 Å². The van der Waals surface area contributed by atoms with Crippen molar-refractivity contribution in [2.24, 2.45) is 0 Å². The van der Waals surface area contributed by atoms with Crippen LogP contribution in [0, 0.1) is 5.82 Å². The molecule has 6 heteroatoms. The largest absolute Gasteiger partial charge is 0.370 e. The zero-order chi connectivity index (χ0) is 13.9. The van der Waals surface area contributed by atoms with Crippen LogP contribution < -0.4 is 5.32 Å². The number of benzene rings is 1. The van der Waals surface area contributed by atoms with E-state index < -0.39 is 0 Å². The molecule has 5 nitrogen and oxygen atoms in total. The zero-order valence-corrected chi connectivity index (χ0v) is 11.0. The predicted octanol–water partition coefficient (Wildman–Crippen LogP) is 2.45. The smallest absolute Gasteiger partial charge is 0.163 e. The summed E-state index contributed by atoms with van der Waals surface area (Å²) in [6.45, 7) is 3.35. The van der Waals surface area contributed by atoms with Crippen LogP contribution in [0.1, 0.15) is 12.5 Å². The van der Waals surface area contributed by atoms with Crippen molar-refractivity contribution in [1.29, 1.82) is 0 Å². The van der Waals surface area contributed by atoms with E-state index in [1.807, 2.05) is 6.92 Å². The summed E-state index contributed by atoms with van der Waals surface area (Å²) >= 11 is 0. The molecule has 1 N–H and O–H groups in total. The SMILES string of the molecule is CCNc1ncnc2c1cnn2Cc1ccc(F)cc1. The van der Waals surface area contributed by atoms with Crippen LogP contribution in [0.5, 0.6) is 0 Å². The molecule has 3 aromatic rings. The average Bonchev–Trinajstić information content (AvgIpc) is 2.86. The molecule has 0 aliphatic rings. The number of nitrogens with one attached hydrogen (secondary N) is 1. The summed E-state index contributed by atoms with van der Waals surface area (Å²) in [5, 5.41) is 8.40. The van der Waals surface area contributed by atoms with Crippen LogP contribution in [0.4, 0.5) is 10.2 Å². The highest BCUT2D eigenvalue weighted by molar-refractivity contribution is 5.86. The first-order valence-electron chi connectivity index (χ1n) is 6.42. The van der Waals surface area contributed by atoms with Gasteiger partial charge in [0.2, 0.25) is 0 Å². The molecule has 20 heavy (non-hydrogen) atoms. The van der Waals surface area contributed by atoms with Crippen molar-refractivity contribution in [3.05, 3.63) is 48.2 Å². The molecule has 0 bridgehead atoms. The molecule has 102 valence electrons. The Morgan fingerprint density at radius 1 is 1.20 bits per heavy atom. The zero-order valence-electron chi connectivity index (χ0n) is 11.0. The third-order valence-electron chi connectivity index (χ3n) is 3.02. The van der Waals surface area contributed by atoms with E-state index in [9.17, 15) is 4.39 Å². The van der Waals surface area contributed by atoms with Crippen LogP contribution >= 0.6 is 0 Å². The van der Waals surface area contributed by atoms with E-state index in [0.29, 0.717) is 6.54 Å². The molecule has 2 aromatic heterocycles. The number of nitrogens with zero attached hydrogens (tertiary/aromatic N) is 4. The average molecular weight is 271 g/mol. The summed E-state index contributed by atoms with van der Waals surface area (Å²) in [4.78, 5) is 8.48. The Morgan fingerprint density at radius 3 is 2.75 bits per heavy atom. The fourth-order valence-electron chi connectivity index (χ4n) is 2.08. The standard InChI is InChI=1S/C14H14FN5/c1-2-16-13-12-7-19-20(14(12)18-9-17-13)8-10-3-5-11(15)6-4-10/h3-7,9H,2,8H2,1H3,(H,16,17,18). The van der Waals surface area contributed by atoms with Crippen molar-refractivity contribution in [3.8, 4) is 0 Å². The summed E-state index contributed by atoms with van der Waals surface area (Å²) in [5.74, 6) is 0.540. The maximum atomic E-state index is 12.9. The van der Waals surface area contributed by atoms with Crippen molar-refractivity contribution in [1.82, 2.24) is 19.7 Å². The Hall–Kier alpha value is -2.50. The van der Waals surface area contributed by atoms with E-state index in [4.69, 9.17) is 0 Å². The molecule has 0 radical (unpaired) electrons. The van der Waals surface area contributed by atoms with Gasteiger partial charge in [0.05, 0.1) is 18.1 Å². The molecule has 3 rings (SSSR count). The summed E-state index contributed by atoms with van der Waals surface area (Å²) in [6, 6.07) is 6.38. The molecule has 2 heterocycles. The lowest BCUT2D eigenvalue weighted by atomic mass is 10.2. The van der Waals surface area contributed by atoms with Crippen molar-refractivity contribution < 1.29 is 4.39 Å². The highest BCUT2D eigenvalue weighted by Gasteiger charge is 2.09. The fourth-order valence-corrected chi connectivity index (χ4v) is 2.08. The molecule has 0 saturated heterocycles. The molecule has 0 aliphatic carbocycles. The maximum Gasteiger partial charge on any atom is 0.163 e. The van der Waals surface area contributed by atoms with E-state index >= 15 is 0 Å². The molecule has 0 fully saturated rings. The molecule has 0 unspecified atom stereocenters. The predicted molar refractivity (Wildman–Crippen MR) is 75.0 cm³/mol. The Morgan fingerprint density at radius 2 is 2.00 bits per heavy atom. The second kappa shape index (κ2) is 5.24. The Bertz CT molecular complexity index is 720. The van der Waals surface area contributed by atoms with E-state index in [0.717, 1.165) is 29.0 Å². The van der Waals surface area contributed by atoms with Crippen LogP contribution in [-0.4, -0.2) is 26.3 Å². The number of hydrogen-bond donors (Lipinski definition) is 1. The Balaban J connectivity index is 1.96. The second-order valence-corrected chi connectivity index (χ2v) is 4.42. The van der Waals surface area contributed by atoms with Crippen LogP contribution in [0.2, 0.25) is 0 Å². The summed E-state index contributed by atoms with van der Waals surface area (Å²) in [5.41, 5.74) is 1.74. The fraction of sp³-hybridized carbons (Fsp3) is 0.214. The van der Waals surface area contributed by atoms with Gasteiger partial charge in [-0.2, -0.15) is 5.10 Å². The highest BCUT2D eigenvalue weighted by atomic mass is 19.1. The van der Waals surface area contributed by atoms with Gasteiger partial charge in [-0.3, -0.25) is 0 Å². The van der Waals surface area contributed by atoms with E-state index in [-0.39, 0.29) is 5.82 Å². The summed E-state index contributed by atoms with van der Waals surface area (Å²) < 4.78 is 14.7. The minimum atomic E-state index is -0.240. The number of halogens is 1. The molecular formula is C14H14FN5. The summed E-state index contributed by atoms with van der Waals surface area (Å²) in [7, 11) is 0. The van der Waals surface area contributed by atoms with Crippen molar-refractivity contribution in [3.63, 3.8) is 0 Å². The molecule has 0 spiro atoms. The van der Waals surface area contributed by atoms with Crippen molar-refractivity contribution in [2.45, 2.75) is 13.5 Å². The van der Waals surface area contributed by atoms with Gasteiger partial charge in [-0.15, -0.1) is 0 Å². The van der Waals surface area contributed by atoms with Crippen molar-refractivity contribution in [2.75, 3.05) is 11.9 Å². The van der Waals surface area contributed by atoms with Gasteiger partial charge < -0.3 is 5.32 Å². The van der Waals surface area contributed by atoms with Gasteiger partial charge in [0.15, 0.2) is 5.65 Å². The monoisotopic (exact) mass is 271 g/mol. The van der Waals surface area contributed by atoms with Gasteiger partial charge in [0, 0.05) is 6.54 Å². The first kappa shape index (κ1) is 12.5. The Kier molecular flexibility index (Phi) is 3.28. The van der Waals surface area contributed by atoms with Gasteiger partial charge in [-0.05, 0) is 24.6 Å². The molecule has 0 atom stereocenters. The topological polar surface area (TPSA) is 55.6 Å². The van der Waals surface area contributed by atoms with E-state index in [1.54, 1.807) is 23.0 Å². The molecular weight excluding hydrogens is 257 g/mol. The van der Waals surface area contributed by atoms with Crippen LogP contribution in [0.25, 0.3) is 11.0 Å². The molecule has 0 amide bonds. The van der Waals surface area contributed by atoms with Crippen LogP contribution in [0.15, 0.2) is 36.8 Å². The van der Waals surface area contributed by atoms with Gasteiger partial charge in [0.1, 0.15) is 18.0 Å². The lowest BCUT2D eigenvalue weighted by Gasteiger charge is -2.05. The number of hydrogen-bond acceptors (Lipinski definition) is 4. The van der Waals surface area contributed by atoms with Gasteiger partial charge in [-0.1, -0.05) is 12.1 Å². The minimum absolute atomic E-state index is 0.240. The third-order valence-corrected chi connectivity index (χ3v) is 3.02. The van der Waals surface area contributed by atoms with Crippen LogP contribution in [0.3, 0.4) is 0 Å². The van der Waals surface area contributed by atoms with Gasteiger partial charge in [0.25, 0.3) is 0 Å². The normalized spacial score (nSPS) is 10.9. The third kappa shape index (κ3) is 2.32. The quantitative estimate of drug-likeness (QED) is 0.792. The minimum Gasteiger partial charge on any atom is -0.370 e. The summed E-state index contributed by atoms with van der Waals surface area (Å²) in [6.07, 6.45) is 3.26. The first-order valence-corrected chi connectivity index (χ1v) is 6.42. The highest BCUT2D eigenvalue weighted by Crippen LogP contribution is 2.19. The number of anilines is 1. The number of fused-ring (bicyclic) bond motifs is 1. The van der Waals surface area contributed by atoms with E-state index in [2.05, 4.69) is 20.4 Å². The number of aromatic nitrogens is 4. The maximum absolute atomic E-state index is 12.9. The molecule has 0 saturated carbocycles. The first-order chi connectivity index (χ1) is 9.78. The van der Waals surface area contributed by atoms with E-state index in [1.165, 1.54) is 18.5 Å². The lowest BCUT2D eigenvalue weighted by Crippen LogP contribution is -2.04. The second-order valence-electron chi connectivity index (χ2n) is 4.42. The van der Waals surface area contributed by atoms with Gasteiger partial charge >= 0.3 is 0 Å². The molecule has 0 aliphatic heterocycles. The van der Waals surface area contributed by atoms with Crippen molar-refractivity contribution >= 4 is 16.9 Å².